The number of hydrogen-bond donors (Lipinski definition) is 2. The molecule has 2 aromatic heterocycles. The molecule has 0 aliphatic heterocycles. The second-order valence-corrected chi connectivity index (χ2v) is 8.54. The van der Waals surface area contributed by atoms with Crippen LogP contribution < -0.4 is 11.1 Å². The number of fused-ring (bicyclic) bond motifs is 1. The number of aromatic nitrogens is 2. The fraction of sp³-hybridized carbons (Fsp3) is 0.261. The summed E-state index contributed by atoms with van der Waals surface area (Å²) in [6.07, 6.45) is 3.43. The average Bonchev–Trinajstić information content (AvgIpc) is 3.21. The van der Waals surface area contributed by atoms with Crippen molar-refractivity contribution >= 4 is 17.2 Å². The monoisotopic (exact) mass is 392 g/mol. The minimum atomic E-state index is -0.267. The predicted octanol–water partition coefficient (Wildman–Crippen LogP) is 5.75. The van der Waals surface area contributed by atoms with Crippen molar-refractivity contribution in [3.05, 3.63) is 60.2 Å². The summed E-state index contributed by atoms with van der Waals surface area (Å²) in [6.45, 7) is 9.17. The van der Waals surface area contributed by atoms with Crippen LogP contribution >= 0.6 is 0 Å². The first-order valence-electron chi connectivity index (χ1n) is 9.59. The van der Waals surface area contributed by atoms with Crippen molar-refractivity contribution in [3.63, 3.8) is 0 Å². The van der Waals surface area contributed by atoms with Crippen LogP contribution in [0.15, 0.2) is 53.3 Å². The number of benzene rings is 2. The van der Waals surface area contributed by atoms with E-state index in [0.29, 0.717) is 11.5 Å². The molecule has 0 bridgehead atoms. The zero-order valence-electron chi connectivity index (χ0n) is 17.1. The largest absolute Gasteiger partial charge is 0.432 e. The van der Waals surface area contributed by atoms with Gasteiger partial charge < -0.3 is 15.5 Å². The Morgan fingerprint density at radius 1 is 1.17 bits per heavy atom. The third kappa shape index (κ3) is 3.70. The summed E-state index contributed by atoms with van der Waals surface area (Å²) in [5, 5.41) is 3.45. The topological polar surface area (TPSA) is 68.5 Å². The van der Waals surface area contributed by atoms with Crippen molar-refractivity contribution < 1.29 is 8.81 Å². The molecule has 2 heterocycles. The van der Waals surface area contributed by atoms with Crippen molar-refractivity contribution in [2.75, 3.05) is 17.6 Å². The summed E-state index contributed by atoms with van der Waals surface area (Å²) in [5.41, 5.74) is 12.1. The Balaban J connectivity index is 1.87. The van der Waals surface area contributed by atoms with Crippen LogP contribution in [0.3, 0.4) is 0 Å². The first-order chi connectivity index (χ1) is 13.7. The van der Waals surface area contributed by atoms with E-state index in [1.54, 1.807) is 12.3 Å². The van der Waals surface area contributed by atoms with Gasteiger partial charge in [0.15, 0.2) is 0 Å². The number of imidazole rings is 1. The molecule has 3 N–H and O–H groups in total. The minimum Gasteiger partial charge on any atom is -0.432 e. The van der Waals surface area contributed by atoms with Crippen LogP contribution in [0.2, 0.25) is 0 Å². The molecular weight excluding hydrogens is 367 g/mol. The molecule has 0 amide bonds. The third-order valence-corrected chi connectivity index (χ3v) is 4.84. The van der Waals surface area contributed by atoms with Gasteiger partial charge in [-0.3, -0.25) is 4.40 Å². The van der Waals surface area contributed by atoms with E-state index in [4.69, 9.17) is 10.2 Å². The summed E-state index contributed by atoms with van der Waals surface area (Å²) in [5.74, 6) is 0.219. The molecule has 0 spiro atoms. The predicted molar refractivity (Wildman–Crippen MR) is 115 cm³/mol. The number of oxazole rings is 1. The molecule has 0 aliphatic carbocycles. The maximum Gasteiger partial charge on any atom is 0.306 e. The van der Waals surface area contributed by atoms with Gasteiger partial charge in [-0.25, -0.2) is 4.39 Å². The van der Waals surface area contributed by atoms with Crippen LogP contribution in [-0.2, 0) is 0 Å². The Bertz CT molecular complexity index is 1180. The summed E-state index contributed by atoms with van der Waals surface area (Å²) in [7, 11) is 0. The summed E-state index contributed by atoms with van der Waals surface area (Å²) in [6, 6.07) is 10.6. The fourth-order valence-corrected chi connectivity index (χ4v) is 3.36. The highest BCUT2D eigenvalue weighted by Crippen LogP contribution is 2.37. The number of nitrogens with two attached hydrogens (primary N) is 1. The first-order valence-corrected chi connectivity index (χ1v) is 9.59. The maximum absolute atomic E-state index is 13.6. The molecule has 4 rings (SSSR count). The molecule has 0 saturated carbocycles. The lowest BCUT2D eigenvalue weighted by molar-refractivity contribution is 0.443. The lowest BCUT2D eigenvalue weighted by Crippen LogP contribution is -2.19. The zero-order valence-corrected chi connectivity index (χ0v) is 17.1. The van der Waals surface area contributed by atoms with Crippen molar-refractivity contribution in [2.45, 2.75) is 27.7 Å². The van der Waals surface area contributed by atoms with Crippen LogP contribution in [0, 0.1) is 18.2 Å². The van der Waals surface area contributed by atoms with Gasteiger partial charge in [0.1, 0.15) is 17.8 Å². The summed E-state index contributed by atoms with van der Waals surface area (Å²) >= 11 is 0. The average molecular weight is 392 g/mol. The Morgan fingerprint density at radius 2 is 1.97 bits per heavy atom. The normalized spacial score (nSPS) is 11.9. The van der Waals surface area contributed by atoms with Gasteiger partial charge >= 0.3 is 5.84 Å². The minimum absolute atomic E-state index is 0.118. The molecule has 29 heavy (non-hydrogen) atoms. The number of aryl methyl sites for hydroxylation is 1. The highest BCUT2D eigenvalue weighted by atomic mass is 19.1. The van der Waals surface area contributed by atoms with Crippen LogP contribution in [-0.4, -0.2) is 15.9 Å². The van der Waals surface area contributed by atoms with Gasteiger partial charge in [-0.05, 0) is 48.2 Å². The molecule has 0 saturated heterocycles. The number of nitrogens with one attached hydrogen (secondary N) is 1. The third-order valence-electron chi connectivity index (χ3n) is 4.84. The quantitative estimate of drug-likeness (QED) is 0.434. The molecule has 0 radical (unpaired) electrons. The van der Waals surface area contributed by atoms with Crippen molar-refractivity contribution in [2.24, 2.45) is 5.41 Å². The molecule has 0 unspecified atom stereocenters. The van der Waals surface area contributed by atoms with Crippen LogP contribution in [0.4, 0.5) is 15.8 Å². The summed E-state index contributed by atoms with van der Waals surface area (Å²) in [4.78, 5) is 4.67. The SMILES string of the molecule is Cc1cc(F)ccc1-c1nc2occn2c1-c1ccc(N)c(NCC(C)(C)C)c1. The van der Waals surface area contributed by atoms with Gasteiger partial charge in [-0.2, -0.15) is 4.98 Å². The van der Waals surface area contributed by atoms with Gasteiger partial charge in [0, 0.05) is 23.9 Å². The zero-order chi connectivity index (χ0) is 20.8. The smallest absolute Gasteiger partial charge is 0.306 e. The van der Waals surface area contributed by atoms with E-state index in [2.05, 4.69) is 31.1 Å². The standard InChI is InChI=1S/C23H25FN4O/c1-14-11-16(24)6-7-17(14)20-21(28-9-10-29-22(28)27-20)15-5-8-18(25)19(12-15)26-13-23(2,3)4/h5-12,26H,13,25H2,1-4H3. The second-order valence-electron chi connectivity index (χ2n) is 8.54. The van der Waals surface area contributed by atoms with Gasteiger partial charge in [0.05, 0.1) is 17.1 Å². The van der Waals surface area contributed by atoms with Gasteiger partial charge in [-0.15, -0.1) is 0 Å². The van der Waals surface area contributed by atoms with Crippen LogP contribution in [0.5, 0.6) is 0 Å². The Morgan fingerprint density at radius 3 is 2.69 bits per heavy atom. The molecule has 6 heteroatoms. The lowest BCUT2D eigenvalue weighted by Gasteiger charge is -2.21. The van der Waals surface area contributed by atoms with Crippen molar-refractivity contribution in [1.82, 2.24) is 9.38 Å². The molecular formula is C23H25FN4O. The van der Waals surface area contributed by atoms with Crippen LogP contribution in [0.1, 0.15) is 26.3 Å². The second kappa shape index (κ2) is 6.95. The van der Waals surface area contributed by atoms with Gasteiger partial charge in [0.25, 0.3) is 0 Å². The van der Waals surface area contributed by atoms with Crippen LogP contribution in [0.25, 0.3) is 28.4 Å². The number of nitrogens with zero attached hydrogens (tertiary/aromatic N) is 2. The molecule has 0 fully saturated rings. The number of hydrogen-bond acceptors (Lipinski definition) is 4. The Kier molecular flexibility index (Phi) is 4.57. The Labute approximate surface area is 169 Å². The van der Waals surface area contributed by atoms with E-state index in [0.717, 1.165) is 40.3 Å². The van der Waals surface area contributed by atoms with Gasteiger partial charge in [-0.1, -0.05) is 26.8 Å². The molecule has 150 valence electrons. The fourth-order valence-electron chi connectivity index (χ4n) is 3.36. The molecule has 0 aliphatic rings. The van der Waals surface area contributed by atoms with E-state index in [9.17, 15) is 4.39 Å². The van der Waals surface area contributed by atoms with Gasteiger partial charge in [0.2, 0.25) is 0 Å². The first kappa shape index (κ1) is 19.1. The number of halogens is 1. The van der Waals surface area contributed by atoms with E-state index in [1.165, 1.54) is 12.1 Å². The van der Waals surface area contributed by atoms with Crippen molar-refractivity contribution in [3.8, 4) is 22.5 Å². The molecule has 5 nitrogen and oxygen atoms in total. The molecule has 0 atom stereocenters. The Hall–Kier alpha value is -3.28. The van der Waals surface area contributed by atoms with E-state index < -0.39 is 0 Å². The molecule has 2 aromatic carbocycles. The van der Waals surface area contributed by atoms with E-state index >= 15 is 0 Å². The highest BCUT2D eigenvalue weighted by Gasteiger charge is 2.20. The van der Waals surface area contributed by atoms with E-state index in [-0.39, 0.29) is 11.2 Å². The number of rotatable bonds is 4. The maximum atomic E-state index is 13.6. The number of nitrogen functional groups attached to an aromatic ring is 1. The van der Waals surface area contributed by atoms with Crippen molar-refractivity contribution in [1.29, 1.82) is 0 Å². The lowest BCUT2D eigenvalue weighted by atomic mass is 9.96. The molecule has 4 aromatic rings. The number of anilines is 2. The highest BCUT2D eigenvalue weighted by molar-refractivity contribution is 5.85. The van der Waals surface area contributed by atoms with E-state index in [1.807, 2.05) is 35.7 Å². The summed E-state index contributed by atoms with van der Waals surface area (Å²) < 4.78 is 21.1.